The predicted molar refractivity (Wildman–Crippen MR) is 108 cm³/mol. The molecule has 3 aromatic rings. The number of furan rings is 1. The number of nitrogens with one attached hydrogen (secondary N) is 1. The summed E-state index contributed by atoms with van der Waals surface area (Å²) in [5.41, 5.74) is 7.40. The summed E-state index contributed by atoms with van der Waals surface area (Å²) in [5, 5.41) is 3.58. The molecule has 0 radical (unpaired) electrons. The van der Waals surface area contributed by atoms with Crippen LogP contribution in [0.2, 0.25) is 0 Å². The maximum absolute atomic E-state index is 12.2. The number of anilines is 2. The standard InChI is InChI=1S/C20H24N4O5/c1-5-27-13-8-7-12(9-14(13)26-4)22-10-15-23-18(21)17-16(20(25)28-6-2)11(3)29-19(17)24-15/h7-9,22H,5-6,10H2,1-4H3,(H2,21,23,24). The highest BCUT2D eigenvalue weighted by atomic mass is 16.5. The van der Waals surface area contributed by atoms with Crippen LogP contribution in [0.1, 0.15) is 35.8 Å². The smallest absolute Gasteiger partial charge is 0.342 e. The largest absolute Gasteiger partial charge is 0.493 e. The van der Waals surface area contributed by atoms with Crippen LogP contribution in [-0.2, 0) is 11.3 Å². The maximum Gasteiger partial charge on any atom is 0.342 e. The molecule has 29 heavy (non-hydrogen) atoms. The molecule has 0 bridgehead atoms. The average molecular weight is 400 g/mol. The molecule has 3 N–H and O–H groups in total. The average Bonchev–Trinajstić information content (AvgIpc) is 3.04. The zero-order chi connectivity index (χ0) is 21.0. The highest BCUT2D eigenvalue weighted by molar-refractivity contribution is 6.07. The summed E-state index contributed by atoms with van der Waals surface area (Å²) in [6.45, 7) is 6.40. The number of ether oxygens (including phenoxy) is 3. The molecule has 0 saturated heterocycles. The minimum atomic E-state index is -0.508. The molecule has 9 heteroatoms. The van der Waals surface area contributed by atoms with Crippen LogP contribution in [0.3, 0.4) is 0 Å². The topological polar surface area (TPSA) is 122 Å². The summed E-state index contributed by atoms with van der Waals surface area (Å²) in [4.78, 5) is 20.9. The lowest BCUT2D eigenvalue weighted by Gasteiger charge is -2.12. The SMILES string of the molecule is CCOC(=O)c1c(C)oc2nc(CNc3ccc(OCC)c(OC)c3)nc(N)c12. The van der Waals surface area contributed by atoms with Crippen molar-refractivity contribution in [3.8, 4) is 11.5 Å². The summed E-state index contributed by atoms with van der Waals surface area (Å²) >= 11 is 0. The first kappa shape index (κ1) is 20.2. The van der Waals surface area contributed by atoms with Crippen LogP contribution in [0.5, 0.6) is 11.5 Å². The molecule has 0 spiro atoms. The van der Waals surface area contributed by atoms with E-state index in [2.05, 4.69) is 15.3 Å². The van der Waals surface area contributed by atoms with E-state index in [9.17, 15) is 4.79 Å². The van der Waals surface area contributed by atoms with Gasteiger partial charge in [0.05, 0.1) is 32.3 Å². The van der Waals surface area contributed by atoms with E-state index in [1.165, 1.54) is 0 Å². The van der Waals surface area contributed by atoms with E-state index in [0.29, 0.717) is 41.6 Å². The van der Waals surface area contributed by atoms with Crippen molar-refractivity contribution >= 4 is 28.6 Å². The molecule has 0 aliphatic heterocycles. The Morgan fingerprint density at radius 3 is 2.69 bits per heavy atom. The number of nitrogen functional groups attached to an aromatic ring is 1. The van der Waals surface area contributed by atoms with E-state index >= 15 is 0 Å². The van der Waals surface area contributed by atoms with Crippen molar-refractivity contribution in [2.24, 2.45) is 0 Å². The second-order valence-corrected chi connectivity index (χ2v) is 6.11. The summed E-state index contributed by atoms with van der Waals surface area (Å²) in [5.74, 6) is 1.75. The minimum Gasteiger partial charge on any atom is -0.493 e. The van der Waals surface area contributed by atoms with Gasteiger partial charge in [0.25, 0.3) is 0 Å². The highest BCUT2D eigenvalue weighted by Gasteiger charge is 2.23. The summed E-state index contributed by atoms with van der Waals surface area (Å²) in [6.07, 6.45) is 0. The van der Waals surface area contributed by atoms with Crippen molar-refractivity contribution in [2.45, 2.75) is 27.3 Å². The normalized spacial score (nSPS) is 10.8. The third-order valence-electron chi connectivity index (χ3n) is 4.20. The molecule has 2 heterocycles. The predicted octanol–water partition coefficient (Wildman–Crippen LogP) is 3.31. The number of aromatic nitrogens is 2. The Morgan fingerprint density at radius 1 is 1.21 bits per heavy atom. The fourth-order valence-corrected chi connectivity index (χ4v) is 2.95. The van der Waals surface area contributed by atoms with E-state index in [0.717, 1.165) is 5.69 Å². The van der Waals surface area contributed by atoms with Crippen LogP contribution in [-0.4, -0.2) is 36.3 Å². The Labute approximate surface area is 168 Å². The van der Waals surface area contributed by atoms with E-state index in [1.807, 2.05) is 25.1 Å². The van der Waals surface area contributed by atoms with Gasteiger partial charge in [-0.3, -0.25) is 0 Å². The first-order valence-corrected chi connectivity index (χ1v) is 9.25. The molecule has 1 aromatic carbocycles. The van der Waals surface area contributed by atoms with E-state index in [-0.39, 0.29) is 23.7 Å². The second kappa shape index (κ2) is 8.68. The molecule has 0 unspecified atom stereocenters. The number of hydrogen-bond donors (Lipinski definition) is 2. The second-order valence-electron chi connectivity index (χ2n) is 6.11. The third-order valence-corrected chi connectivity index (χ3v) is 4.20. The van der Waals surface area contributed by atoms with Gasteiger partial charge in [-0.1, -0.05) is 0 Å². The number of nitrogens with two attached hydrogens (primary N) is 1. The van der Waals surface area contributed by atoms with Crippen LogP contribution in [0, 0.1) is 6.92 Å². The summed E-state index contributed by atoms with van der Waals surface area (Å²) in [7, 11) is 1.58. The van der Waals surface area contributed by atoms with Gasteiger partial charge in [0.1, 0.15) is 17.1 Å². The molecule has 0 aliphatic carbocycles. The molecule has 2 aromatic heterocycles. The molecule has 9 nitrogen and oxygen atoms in total. The maximum atomic E-state index is 12.2. The molecular formula is C20H24N4O5. The first-order chi connectivity index (χ1) is 14.0. The molecule has 0 aliphatic rings. The van der Waals surface area contributed by atoms with Gasteiger partial charge >= 0.3 is 5.97 Å². The first-order valence-electron chi connectivity index (χ1n) is 9.25. The number of nitrogens with zero attached hydrogens (tertiary/aromatic N) is 2. The number of benzene rings is 1. The summed E-state index contributed by atoms with van der Waals surface area (Å²) in [6, 6.07) is 5.51. The number of methoxy groups -OCH3 is 1. The number of fused-ring (bicyclic) bond motifs is 1. The van der Waals surface area contributed by atoms with Gasteiger partial charge in [-0.15, -0.1) is 0 Å². The van der Waals surface area contributed by atoms with Gasteiger partial charge in [-0.05, 0) is 32.9 Å². The van der Waals surface area contributed by atoms with Gasteiger partial charge in [0.2, 0.25) is 5.71 Å². The number of carbonyl (C=O) groups excluding carboxylic acids is 1. The Bertz CT molecular complexity index is 1030. The van der Waals surface area contributed by atoms with Crippen molar-refractivity contribution in [1.82, 2.24) is 9.97 Å². The van der Waals surface area contributed by atoms with Gasteiger partial charge in [-0.2, -0.15) is 4.98 Å². The monoisotopic (exact) mass is 400 g/mol. The fraction of sp³-hybridized carbons (Fsp3) is 0.350. The lowest BCUT2D eigenvalue weighted by atomic mass is 10.2. The number of hydrogen-bond acceptors (Lipinski definition) is 9. The lowest BCUT2D eigenvalue weighted by Crippen LogP contribution is -2.09. The van der Waals surface area contributed by atoms with Crippen molar-refractivity contribution in [3.05, 3.63) is 35.3 Å². The number of rotatable bonds is 8. The third kappa shape index (κ3) is 4.18. The van der Waals surface area contributed by atoms with Crippen molar-refractivity contribution in [2.75, 3.05) is 31.4 Å². The van der Waals surface area contributed by atoms with Crippen LogP contribution < -0.4 is 20.5 Å². The van der Waals surface area contributed by atoms with E-state index in [1.54, 1.807) is 21.0 Å². The Hall–Kier alpha value is -3.49. The molecular weight excluding hydrogens is 376 g/mol. The Morgan fingerprint density at radius 2 is 2.00 bits per heavy atom. The van der Waals surface area contributed by atoms with Crippen LogP contribution >= 0.6 is 0 Å². The van der Waals surface area contributed by atoms with E-state index < -0.39 is 5.97 Å². The van der Waals surface area contributed by atoms with Crippen molar-refractivity contribution in [3.63, 3.8) is 0 Å². The van der Waals surface area contributed by atoms with Gasteiger partial charge in [0, 0.05) is 11.8 Å². The molecule has 0 fully saturated rings. The van der Waals surface area contributed by atoms with Crippen LogP contribution in [0.25, 0.3) is 11.1 Å². The summed E-state index contributed by atoms with van der Waals surface area (Å²) < 4.78 is 21.6. The molecule has 0 atom stereocenters. The zero-order valence-corrected chi connectivity index (χ0v) is 16.9. The van der Waals surface area contributed by atoms with Crippen LogP contribution in [0.15, 0.2) is 22.6 Å². The molecule has 0 amide bonds. The van der Waals surface area contributed by atoms with Gasteiger partial charge in [0.15, 0.2) is 17.3 Å². The minimum absolute atomic E-state index is 0.163. The molecule has 3 rings (SSSR count). The van der Waals surface area contributed by atoms with E-state index in [4.69, 9.17) is 24.4 Å². The Balaban J connectivity index is 1.84. The lowest BCUT2D eigenvalue weighted by molar-refractivity contribution is 0.0526. The fourth-order valence-electron chi connectivity index (χ4n) is 2.95. The highest BCUT2D eigenvalue weighted by Crippen LogP contribution is 2.31. The number of aryl methyl sites for hydroxylation is 1. The number of esters is 1. The molecule has 154 valence electrons. The van der Waals surface area contributed by atoms with Crippen molar-refractivity contribution in [1.29, 1.82) is 0 Å². The van der Waals surface area contributed by atoms with Gasteiger partial charge in [-0.25, -0.2) is 9.78 Å². The quantitative estimate of drug-likeness (QED) is 0.548. The Kier molecular flexibility index (Phi) is 6.06. The van der Waals surface area contributed by atoms with Crippen molar-refractivity contribution < 1.29 is 23.4 Å². The zero-order valence-electron chi connectivity index (χ0n) is 16.9. The number of carbonyl (C=O) groups is 1. The van der Waals surface area contributed by atoms with Gasteiger partial charge < -0.3 is 29.7 Å². The van der Waals surface area contributed by atoms with Crippen LogP contribution in [0.4, 0.5) is 11.5 Å². The molecule has 0 saturated carbocycles.